The highest BCUT2D eigenvalue weighted by molar-refractivity contribution is 6.06. The summed E-state index contributed by atoms with van der Waals surface area (Å²) in [6, 6.07) is 1.91. The van der Waals surface area contributed by atoms with Crippen molar-refractivity contribution < 1.29 is 39.0 Å². The smallest absolute Gasteiger partial charge is 0.336 e. The number of aliphatic carboxylic acids is 1. The molecule has 0 aromatic heterocycles. The number of benzene rings is 1. The number of carboxylic acid groups (broad SMARTS) is 2. The van der Waals surface area contributed by atoms with E-state index in [1.165, 1.54) is 31.3 Å². The van der Waals surface area contributed by atoms with Gasteiger partial charge in [0, 0.05) is 7.05 Å². The van der Waals surface area contributed by atoms with Crippen LogP contribution in [-0.4, -0.2) is 75.9 Å². The van der Waals surface area contributed by atoms with Crippen molar-refractivity contribution in [3.63, 3.8) is 0 Å². The molecule has 0 radical (unpaired) electrons. The van der Waals surface area contributed by atoms with E-state index in [2.05, 4.69) is 10.6 Å². The van der Waals surface area contributed by atoms with Crippen LogP contribution in [0.4, 0.5) is 0 Å². The molecule has 0 aliphatic heterocycles. The molecule has 1 aromatic rings. The summed E-state index contributed by atoms with van der Waals surface area (Å²) >= 11 is 0. The second kappa shape index (κ2) is 15.0. The number of rotatable bonds is 14. The molecule has 1 aliphatic carbocycles. The van der Waals surface area contributed by atoms with Crippen molar-refractivity contribution in [1.29, 1.82) is 0 Å². The fourth-order valence-corrected chi connectivity index (χ4v) is 5.04. The molecule has 0 spiro atoms. The number of carboxylic acids is 2. The van der Waals surface area contributed by atoms with Crippen LogP contribution in [0.25, 0.3) is 0 Å². The first kappa shape index (κ1) is 32.3. The zero-order chi connectivity index (χ0) is 30.0. The van der Waals surface area contributed by atoms with E-state index < -0.39 is 60.1 Å². The molecule has 40 heavy (non-hydrogen) atoms. The Labute approximate surface area is 233 Å². The number of carbonyl (C=O) groups excluding carboxylic acids is 4. The number of amides is 4. The summed E-state index contributed by atoms with van der Waals surface area (Å²) in [4.78, 5) is 76.3. The largest absolute Gasteiger partial charge is 0.481 e. The minimum absolute atomic E-state index is 0.00106. The van der Waals surface area contributed by atoms with E-state index in [0.717, 1.165) is 37.0 Å². The van der Waals surface area contributed by atoms with Gasteiger partial charge in [-0.15, -0.1) is 0 Å². The average Bonchev–Trinajstić information content (AvgIpc) is 2.90. The molecular formula is C28H40N4O8. The van der Waals surface area contributed by atoms with Gasteiger partial charge < -0.3 is 31.5 Å². The average molecular weight is 561 g/mol. The standard InChI is InChI=1S/C28H40N4O8/c1-16(2)13-20(24(29)35)30-26(37)22(15-23(33)34)32(3)27(38)21(14-17-9-5-4-6-10-17)31-25(36)18-11-7-8-12-19(18)28(39)40/h7-8,11-12,16-17,20-22H,4-6,9-10,13-15H2,1-3H3,(H2,29,35)(H,30,37)(H,31,36)(H,33,34)(H,39,40)/t20-,21-,22-/m0/s1. The van der Waals surface area contributed by atoms with Crippen molar-refractivity contribution in [3.8, 4) is 0 Å². The third-order valence-corrected chi connectivity index (χ3v) is 7.15. The molecule has 12 nitrogen and oxygen atoms in total. The topological polar surface area (TPSA) is 196 Å². The number of hydrogen-bond acceptors (Lipinski definition) is 6. The van der Waals surface area contributed by atoms with Crippen LogP contribution in [0.3, 0.4) is 0 Å². The van der Waals surface area contributed by atoms with Gasteiger partial charge in [0.1, 0.15) is 18.1 Å². The molecule has 1 saturated carbocycles. The SMILES string of the molecule is CC(C)C[C@H](NC(=O)[C@H](CC(=O)O)N(C)C(=O)[C@H](CC1CCCCC1)NC(=O)c1ccccc1C(=O)O)C(N)=O. The van der Waals surface area contributed by atoms with Crippen LogP contribution in [-0.2, 0) is 19.2 Å². The Bertz CT molecular complexity index is 1100. The van der Waals surface area contributed by atoms with E-state index in [9.17, 15) is 39.0 Å². The number of aromatic carboxylic acids is 1. The Balaban J connectivity index is 2.35. The molecule has 1 fully saturated rings. The normalized spacial score (nSPS) is 15.9. The fourth-order valence-electron chi connectivity index (χ4n) is 5.04. The quantitative estimate of drug-likeness (QED) is 0.227. The maximum atomic E-state index is 13.8. The van der Waals surface area contributed by atoms with Gasteiger partial charge in [-0.2, -0.15) is 0 Å². The first-order valence-electron chi connectivity index (χ1n) is 13.5. The van der Waals surface area contributed by atoms with Crippen LogP contribution in [0, 0.1) is 11.8 Å². The third-order valence-electron chi connectivity index (χ3n) is 7.15. The Hall–Kier alpha value is -3.96. The predicted molar refractivity (Wildman–Crippen MR) is 145 cm³/mol. The molecule has 0 unspecified atom stereocenters. The van der Waals surface area contributed by atoms with Crippen LogP contribution in [0.1, 0.15) is 85.9 Å². The molecule has 0 saturated heterocycles. The second-order valence-electron chi connectivity index (χ2n) is 10.8. The van der Waals surface area contributed by atoms with Gasteiger partial charge in [-0.25, -0.2) is 4.79 Å². The lowest BCUT2D eigenvalue weighted by molar-refractivity contribution is -0.147. The Morgan fingerprint density at radius 2 is 1.55 bits per heavy atom. The summed E-state index contributed by atoms with van der Waals surface area (Å²) in [6.45, 7) is 3.65. The monoisotopic (exact) mass is 560 g/mol. The molecule has 3 atom stereocenters. The van der Waals surface area contributed by atoms with Crippen LogP contribution >= 0.6 is 0 Å². The number of primary amides is 1. The zero-order valence-electron chi connectivity index (χ0n) is 23.2. The third kappa shape index (κ3) is 9.35. The summed E-state index contributed by atoms with van der Waals surface area (Å²) in [6.07, 6.45) is 4.38. The molecule has 2 rings (SSSR count). The minimum Gasteiger partial charge on any atom is -0.481 e. The number of nitrogens with two attached hydrogens (primary N) is 1. The molecule has 0 bridgehead atoms. The summed E-state index contributed by atoms with van der Waals surface area (Å²) in [7, 11) is 1.27. The summed E-state index contributed by atoms with van der Waals surface area (Å²) in [5.41, 5.74) is 5.07. The predicted octanol–water partition coefficient (Wildman–Crippen LogP) is 1.77. The van der Waals surface area contributed by atoms with E-state index in [1.807, 2.05) is 13.8 Å². The first-order chi connectivity index (χ1) is 18.8. The van der Waals surface area contributed by atoms with Gasteiger partial charge in [-0.3, -0.25) is 24.0 Å². The number of likely N-dealkylation sites (N-methyl/N-ethyl adjacent to an activating group) is 1. The van der Waals surface area contributed by atoms with Gasteiger partial charge in [0.05, 0.1) is 17.5 Å². The highest BCUT2D eigenvalue weighted by Crippen LogP contribution is 2.28. The minimum atomic E-state index is -1.49. The van der Waals surface area contributed by atoms with Crippen molar-refractivity contribution >= 4 is 35.6 Å². The molecule has 6 N–H and O–H groups in total. The van der Waals surface area contributed by atoms with Crippen LogP contribution in [0.5, 0.6) is 0 Å². The molecule has 0 heterocycles. The maximum absolute atomic E-state index is 13.8. The summed E-state index contributed by atoms with van der Waals surface area (Å²) < 4.78 is 0. The molecule has 4 amide bonds. The lowest BCUT2D eigenvalue weighted by Crippen LogP contribution is -2.57. The second-order valence-corrected chi connectivity index (χ2v) is 10.8. The van der Waals surface area contributed by atoms with Crippen molar-refractivity contribution in [1.82, 2.24) is 15.5 Å². The molecule has 1 aliphatic rings. The van der Waals surface area contributed by atoms with Crippen molar-refractivity contribution in [2.75, 3.05) is 7.05 Å². The Morgan fingerprint density at radius 3 is 2.08 bits per heavy atom. The van der Waals surface area contributed by atoms with E-state index in [0.29, 0.717) is 0 Å². The highest BCUT2D eigenvalue weighted by Gasteiger charge is 2.36. The van der Waals surface area contributed by atoms with Crippen molar-refractivity contribution in [2.45, 2.75) is 83.3 Å². The van der Waals surface area contributed by atoms with E-state index >= 15 is 0 Å². The van der Waals surface area contributed by atoms with Crippen molar-refractivity contribution in [2.24, 2.45) is 17.6 Å². The van der Waals surface area contributed by atoms with Gasteiger partial charge in [-0.05, 0) is 36.8 Å². The number of carbonyl (C=O) groups is 6. The Kier molecular flexibility index (Phi) is 12.1. The Morgan fingerprint density at radius 1 is 0.950 bits per heavy atom. The lowest BCUT2D eigenvalue weighted by atomic mass is 9.84. The van der Waals surface area contributed by atoms with E-state index in [-0.39, 0.29) is 35.8 Å². The highest BCUT2D eigenvalue weighted by atomic mass is 16.4. The lowest BCUT2D eigenvalue weighted by Gasteiger charge is -2.33. The molecular weight excluding hydrogens is 520 g/mol. The van der Waals surface area contributed by atoms with Crippen LogP contribution in [0.2, 0.25) is 0 Å². The van der Waals surface area contributed by atoms with Gasteiger partial charge in [-0.1, -0.05) is 58.1 Å². The molecule has 12 heteroatoms. The number of nitrogens with one attached hydrogen (secondary N) is 2. The number of hydrogen-bond donors (Lipinski definition) is 5. The van der Waals surface area contributed by atoms with Crippen LogP contribution in [0.15, 0.2) is 24.3 Å². The number of nitrogens with zero attached hydrogens (tertiary/aromatic N) is 1. The van der Waals surface area contributed by atoms with Crippen LogP contribution < -0.4 is 16.4 Å². The molecule has 1 aromatic carbocycles. The maximum Gasteiger partial charge on any atom is 0.336 e. The van der Waals surface area contributed by atoms with Gasteiger partial charge in [0.15, 0.2) is 0 Å². The zero-order valence-corrected chi connectivity index (χ0v) is 23.2. The first-order valence-corrected chi connectivity index (χ1v) is 13.5. The van der Waals surface area contributed by atoms with Gasteiger partial charge in [0.25, 0.3) is 5.91 Å². The summed E-state index contributed by atoms with van der Waals surface area (Å²) in [5, 5.41) is 24.1. The van der Waals surface area contributed by atoms with E-state index in [1.54, 1.807) is 0 Å². The van der Waals surface area contributed by atoms with Crippen molar-refractivity contribution in [3.05, 3.63) is 35.4 Å². The molecule has 220 valence electrons. The van der Waals surface area contributed by atoms with E-state index in [4.69, 9.17) is 5.73 Å². The van der Waals surface area contributed by atoms with Gasteiger partial charge in [0.2, 0.25) is 17.7 Å². The van der Waals surface area contributed by atoms with Gasteiger partial charge >= 0.3 is 11.9 Å². The fraction of sp³-hybridized carbons (Fsp3) is 0.571. The summed E-state index contributed by atoms with van der Waals surface area (Å²) in [5.74, 6) is -5.67.